The largest absolute Gasteiger partial charge is 0.391 e. The molecule has 0 saturated carbocycles. The van der Waals surface area contributed by atoms with E-state index in [2.05, 4.69) is 11.8 Å². The maximum absolute atomic E-state index is 12.2. The zero-order valence-electron chi connectivity index (χ0n) is 10.3. The first-order valence-electron chi connectivity index (χ1n) is 5.88. The number of nitrogens with two attached hydrogens (primary N) is 1. The summed E-state index contributed by atoms with van der Waals surface area (Å²) in [5, 5.41) is 9.44. The van der Waals surface area contributed by atoms with Crippen molar-refractivity contribution in [1.82, 2.24) is 4.90 Å². The standard InChI is InChI=1S/C13H16N2O2S/c1-9-7-12(18-11(9)3-2-5-14)13(17)15-6-4-10(16)8-15/h7,10,16H,4-6,8,14H2,1H3. The third-order valence-electron chi connectivity index (χ3n) is 2.88. The van der Waals surface area contributed by atoms with E-state index in [9.17, 15) is 9.90 Å². The topological polar surface area (TPSA) is 66.6 Å². The first-order valence-corrected chi connectivity index (χ1v) is 6.70. The summed E-state index contributed by atoms with van der Waals surface area (Å²) in [6.45, 7) is 3.31. The van der Waals surface area contributed by atoms with Crippen molar-refractivity contribution in [2.75, 3.05) is 19.6 Å². The fraction of sp³-hybridized carbons (Fsp3) is 0.462. The van der Waals surface area contributed by atoms with Gasteiger partial charge in [-0.3, -0.25) is 4.79 Å². The molecule has 1 unspecified atom stereocenters. The molecule has 1 aliphatic rings. The lowest BCUT2D eigenvalue weighted by molar-refractivity contribution is 0.0769. The van der Waals surface area contributed by atoms with Crippen LogP contribution in [0.5, 0.6) is 0 Å². The van der Waals surface area contributed by atoms with Crippen LogP contribution < -0.4 is 5.73 Å². The SMILES string of the molecule is Cc1cc(C(=O)N2CCC(O)C2)sc1C#CCN. The van der Waals surface area contributed by atoms with Crippen LogP contribution in [0.15, 0.2) is 6.07 Å². The monoisotopic (exact) mass is 264 g/mol. The molecule has 1 fully saturated rings. The molecule has 1 aliphatic heterocycles. The van der Waals surface area contributed by atoms with Gasteiger partial charge in [0.1, 0.15) is 0 Å². The Kier molecular flexibility index (Phi) is 4.02. The number of aliphatic hydroxyl groups excluding tert-OH is 1. The van der Waals surface area contributed by atoms with Gasteiger partial charge in [-0.1, -0.05) is 11.8 Å². The van der Waals surface area contributed by atoms with Crippen LogP contribution in [0.3, 0.4) is 0 Å². The zero-order valence-corrected chi connectivity index (χ0v) is 11.1. The summed E-state index contributed by atoms with van der Waals surface area (Å²) in [5.41, 5.74) is 6.34. The highest BCUT2D eigenvalue weighted by atomic mass is 32.1. The molecule has 1 amide bonds. The van der Waals surface area contributed by atoms with Crippen LogP contribution in [-0.2, 0) is 0 Å². The van der Waals surface area contributed by atoms with Crippen LogP contribution in [0, 0.1) is 18.8 Å². The van der Waals surface area contributed by atoms with Gasteiger partial charge in [-0.05, 0) is 25.0 Å². The molecule has 4 nitrogen and oxygen atoms in total. The number of β-amino-alcohol motifs (C(OH)–C–C–N with tert-alkyl or cyclic N) is 1. The van der Waals surface area contributed by atoms with Gasteiger partial charge in [0.15, 0.2) is 0 Å². The second-order valence-corrected chi connectivity index (χ2v) is 5.37. The van der Waals surface area contributed by atoms with E-state index in [1.807, 2.05) is 13.0 Å². The third-order valence-corrected chi connectivity index (χ3v) is 4.02. The molecule has 5 heteroatoms. The molecule has 1 atom stereocenters. The van der Waals surface area contributed by atoms with E-state index in [0.717, 1.165) is 10.4 Å². The summed E-state index contributed by atoms with van der Waals surface area (Å²) in [5.74, 6) is 5.75. The summed E-state index contributed by atoms with van der Waals surface area (Å²) >= 11 is 1.39. The molecule has 1 aromatic rings. The highest BCUT2D eigenvalue weighted by Crippen LogP contribution is 2.24. The lowest BCUT2D eigenvalue weighted by Crippen LogP contribution is -2.28. The van der Waals surface area contributed by atoms with Gasteiger partial charge in [-0.25, -0.2) is 0 Å². The van der Waals surface area contributed by atoms with Crippen molar-refractivity contribution in [3.8, 4) is 11.8 Å². The van der Waals surface area contributed by atoms with Crippen molar-refractivity contribution in [1.29, 1.82) is 0 Å². The van der Waals surface area contributed by atoms with E-state index >= 15 is 0 Å². The van der Waals surface area contributed by atoms with Gasteiger partial charge in [0.05, 0.1) is 22.4 Å². The predicted molar refractivity (Wildman–Crippen MR) is 71.5 cm³/mol. The number of aliphatic hydroxyl groups is 1. The van der Waals surface area contributed by atoms with E-state index in [1.165, 1.54) is 11.3 Å². The Morgan fingerprint density at radius 3 is 3.11 bits per heavy atom. The Morgan fingerprint density at radius 2 is 2.50 bits per heavy atom. The molecule has 96 valence electrons. The van der Waals surface area contributed by atoms with Crippen LogP contribution in [-0.4, -0.2) is 41.7 Å². The molecule has 18 heavy (non-hydrogen) atoms. The minimum atomic E-state index is -0.383. The van der Waals surface area contributed by atoms with Gasteiger partial charge < -0.3 is 15.7 Å². The first-order chi connectivity index (χ1) is 8.61. The Bertz CT molecular complexity index is 513. The molecule has 1 saturated heterocycles. The van der Waals surface area contributed by atoms with Gasteiger partial charge in [0.25, 0.3) is 5.91 Å². The Hall–Kier alpha value is -1.35. The molecule has 0 aliphatic carbocycles. The molecule has 1 aromatic heterocycles. The summed E-state index contributed by atoms with van der Waals surface area (Å²) in [7, 11) is 0. The number of likely N-dealkylation sites (tertiary alicyclic amines) is 1. The highest BCUT2D eigenvalue weighted by molar-refractivity contribution is 7.14. The van der Waals surface area contributed by atoms with Crippen molar-refractivity contribution in [2.45, 2.75) is 19.4 Å². The first kappa shape index (κ1) is 13.1. The number of hydrogen-bond acceptors (Lipinski definition) is 4. The second-order valence-electron chi connectivity index (χ2n) is 4.32. The second kappa shape index (κ2) is 5.53. The summed E-state index contributed by atoms with van der Waals surface area (Å²) in [6, 6.07) is 1.86. The summed E-state index contributed by atoms with van der Waals surface area (Å²) in [6.07, 6.45) is 0.280. The lowest BCUT2D eigenvalue weighted by Gasteiger charge is -2.13. The van der Waals surface area contributed by atoms with E-state index in [0.29, 0.717) is 30.9 Å². The predicted octanol–water partition coefficient (Wildman–Crippen LogP) is 0.574. The quantitative estimate of drug-likeness (QED) is 0.729. The molecular formula is C13H16N2O2S. The number of aryl methyl sites for hydroxylation is 1. The Labute approximate surface area is 110 Å². The lowest BCUT2D eigenvalue weighted by atomic mass is 10.2. The molecule has 0 spiro atoms. The number of hydrogen-bond donors (Lipinski definition) is 2. The number of nitrogens with zero attached hydrogens (tertiary/aromatic N) is 1. The number of carbonyl (C=O) groups excluding carboxylic acids is 1. The van der Waals surface area contributed by atoms with Crippen molar-refractivity contribution < 1.29 is 9.90 Å². The summed E-state index contributed by atoms with van der Waals surface area (Å²) < 4.78 is 0. The number of rotatable bonds is 1. The molecular weight excluding hydrogens is 248 g/mol. The summed E-state index contributed by atoms with van der Waals surface area (Å²) in [4.78, 5) is 15.5. The maximum Gasteiger partial charge on any atom is 0.264 e. The van der Waals surface area contributed by atoms with Gasteiger partial charge in [-0.15, -0.1) is 11.3 Å². The van der Waals surface area contributed by atoms with Crippen molar-refractivity contribution >= 4 is 17.2 Å². The van der Waals surface area contributed by atoms with Gasteiger partial charge in [0, 0.05) is 13.1 Å². The van der Waals surface area contributed by atoms with Crippen LogP contribution in [0.2, 0.25) is 0 Å². The van der Waals surface area contributed by atoms with Gasteiger partial charge in [-0.2, -0.15) is 0 Å². The number of carbonyl (C=O) groups is 1. The minimum Gasteiger partial charge on any atom is -0.391 e. The van der Waals surface area contributed by atoms with Crippen LogP contribution in [0.25, 0.3) is 0 Å². The fourth-order valence-corrected chi connectivity index (χ4v) is 2.94. The average Bonchev–Trinajstić information content (AvgIpc) is 2.92. The van der Waals surface area contributed by atoms with Crippen molar-refractivity contribution in [3.05, 3.63) is 21.4 Å². The van der Waals surface area contributed by atoms with E-state index in [1.54, 1.807) is 4.90 Å². The Morgan fingerprint density at radius 1 is 1.72 bits per heavy atom. The fourth-order valence-electron chi connectivity index (χ4n) is 1.93. The molecule has 2 rings (SSSR count). The zero-order chi connectivity index (χ0) is 13.1. The van der Waals surface area contributed by atoms with Crippen molar-refractivity contribution in [2.24, 2.45) is 5.73 Å². The minimum absolute atomic E-state index is 0.0135. The van der Waals surface area contributed by atoms with Crippen molar-refractivity contribution in [3.63, 3.8) is 0 Å². The third kappa shape index (κ3) is 2.72. The van der Waals surface area contributed by atoms with Crippen LogP contribution >= 0.6 is 11.3 Å². The van der Waals surface area contributed by atoms with Gasteiger partial charge in [0.2, 0.25) is 0 Å². The average molecular weight is 264 g/mol. The molecule has 0 bridgehead atoms. The van der Waals surface area contributed by atoms with Crippen LogP contribution in [0.4, 0.5) is 0 Å². The van der Waals surface area contributed by atoms with E-state index < -0.39 is 0 Å². The Balaban J connectivity index is 2.16. The van der Waals surface area contributed by atoms with Crippen LogP contribution in [0.1, 0.15) is 26.5 Å². The smallest absolute Gasteiger partial charge is 0.264 e. The molecule has 2 heterocycles. The number of thiophene rings is 1. The normalized spacial score (nSPS) is 18.6. The van der Waals surface area contributed by atoms with Gasteiger partial charge >= 0.3 is 0 Å². The highest BCUT2D eigenvalue weighted by Gasteiger charge is 2.26. The molecule has 3 N–H and O–H groups in total. The van der Waals surface area contributed by atoms with E-state index in [-0.39, 0.29) is 12.0 Å². The maximum atomic E-state index is 12.2. The molecule has 0 radical (unpaired) electrons. The molecule has 0 aromatic carbocycles. The number of amides is 1. The van der Waals surface area contributed by atoms with E-state index in [4.69, 9.17) is 5.73 Å².